The van der Waals surface area contributed by atoms with Crippen LogP contribution in [0.25, 0.3) is 0 Å². The SMILES string of the molecule is Cn1cnnc1Sc1ccc(C(=O)Nc2ccnn2Cc2ccc(Cl)cc2)cc1[N+](=O)[O-]. The average molecular weight is 470 g/mol. The first-order valence-corrected chi connectivity index (χ1v) is 10.5. The van der Waals surface area contributed by atoms with E-state index in [0.29, 0.717) is 27.4 Å². The molecule has 0 atom stereocenters. The van der Waals surface area contributed by atoms with Crippen LogP contribution in [0.2, 0.25) is 5.02 Å². The number of carbonyl (C=O) groups excluding carboxylic acids is 1. The summed E-state index contributed by atoms with van der Waals surface area (Å²) in [7, 11) is 1.74. The number of carbonyl (C=O) groups is 1. The summed E-state index contributed by atoms with van der Waals surface area (Å²) in [5.74, 6) is -0.0219. The molecule has 0 bridgehead atoms. The zero-order valence-electron chi connectivity index (χ0n) is 16.7. The number of rotatable bonds is 7. The Morgan fingerprint density at radius 3 is 2.69 bits per heavy atom. The molecule has 12 heteroatoms. The Balaban J connectivity index is 1.53. The molecule has 0 aliphatic rings. The molecule has 2 aromatic carbocycles. The molecule has 162 valence electrons. The summed E-state index contributed by atoms with van der Waals surface area (Å²) < 4.78 is 3.27. The van der Waals surface area contributed by atoms with Crippen LogP contribution in [0, 0.1) is 10.1 Å². The lowest BCUT2D eigenvalue weighted by Crippen LogP contribution is -2.16. The molecule has 0 fully saturated rings. The highest BCUT2D eigenvalue weighted by atomic mass is 35.5. The summed E-state index contributed by atoms with van der Waals surface area (Å²) in [6.07, 6.45) is 3.07. The summed E-state index contributed by atoms with van der Waals surface area (Å²) in [5.41, 5.74) is 0.910. The van der Waals surface area contributed by atoms with Crippen molar-refractivity contribution in [2.24, 2.45) is 7.05 Å². The number of benzene rings is 2. The van der Waals surface area contributed by atoms with Gasteiger partial charge in [0.2, 0.25) is 0 Å². The monoisotopic (exact) mass is 469 g/mol. The van der Waals surface area contributed by atoms with Crippen LogP contribution in [-0.2, 0) is 13.6 Å². The Morgan fingerprint density at radius 1 is 1.22 bits per heavy atom. The molecule has 32 heavy (non-hydrogen) atoms. The maximum atomic E-state index is 12.8. The third-order valence-electron chi connectivity index (χ3n) is 4.49. The molecule has 0 saturated heterocycles. The zero-order chi connectivity index (χ0) is 22.7. The number of nitrogens with zero attached hydrogens (tertiary/aromatic N) is 6. The second kappa shape index (κ2) is 9.20. The van der Waals surface area contributed by atoms with Gasteiger partial charge in [0.1, 0.15) is 12.1 Å². The fourth-order valence-electron chi connectivity index (χ4n) is 2.87. The summed E-state index contributed by atoms with van der Waals surface area (Å²) >= 11 is 7.02. The predicted octanol–water partition coefficient (Wildman–Crippen LogP) is 4.03. The van der Waals surface area contributed by atoms with Crippen LogP contribution in [0.5, 0.6) is 0 Å². The predicted molar refractivity (Wildman–Crippen MR) is 119 cm³/mol. The van der Waals surface area contributed by atoms with Gasteiger partial charge in [0.25, 0.3) is 11.6 Å². The van der Waals surface area contributed by atoms with Crippen molar-refractivity contribution in [1.29, 1.82) is 0 Å². The summed E-state index contributed by atoms with van der Waals surface area (Å²) in [4.78, 5) is 24.2. The first-order chi connectivity index (χ1) is 15.4. The van der Waals surface area contributed by atoms with Crippen molar-refractivity contribution < 1.29 is 9.72 Å². The highest BCUT2D eigenvalue weighted by molar-refractivity contribution is 7.99. The Kier molecular flexibility index (Phi) is 6.19. The molecule has 0 unspecified atom stereocenters. The van der Waals surface area contributed by atoms with E-state index in [1.807, 2.05) is 12.1 Å². The number of anilines is 1. The van der Waals surface area contributed by atoms with Crippen LogP contribution in [0.1, 0.15) is 15.9 Å². The topological polar surface area (TPSA) is 121 Å². The van der Waals surface area contributed by atoms with Crippen LogP contribution in [-0.4, -0.2) is 35.4 Å². The number of hydrogen-bond acceptors (Lipinski definition) is 7. The van der Waals surface area contributed by atoms with Crippen molar-refractivity contribution in [3.8, 4) is 0 Å². The lowest BCUT2D eigenvalue weighted by atomic mass is 10.2. The van der Waals surface area contributed by atoms with Crippen molar-refractivity contribution in [1.82, 2.24) is 24.5 Å². The maximum Gasteiger partial charge on any atom is 0.284 e. The fourth-order valence-corrected chi connectivity index (χ4v) is 3.84. The lowest BCUT2D eigenvalue weighted by molar-refractivity contribution is -0.387. The molecule has 0 radical (unpaired) electrons. The Morgan fingerprint density at radius 2 is 2.00 bits per heavy atom. The lowest BCUT2D eigenvalue weighted by Gasteiger charge is -2.10. The number of hydrogen-bond donors (Lipinski definition) is 1. The van der Waals surface area contributed by atoms with E-state index in [1.54, 1.807) is 40.7 Å². The number of aryl methyl sites for hydroxylation is 1. The third-order valence-corrected chi connectivity index (χ3v) is 5.86. The van der Waals surface area contributed by atoms with Gasteiger partial charge in [0, 0.05) is 29.8 Å². The largest absolute Gasteiger partial charge is 0.311 e. The molecule has 1 N–H and O–H groups in total. The summed E-state index contributed by atoms with van der Waals surface area (Å²) in [6, 6.07) is 13.2. The standard InChI is InChI=1S/C20H16ClN7O3S/c1-26-12-22-25-20(26)32-17-7-4-14(10-16(17)28(30)31)19(29)24-18-8-9-23-27(18)11-13-2-5-15(21)6-3-13/h2-10,12H,11H2,1H3,(H,24,29). The third kappa shape index (κ3) is 4.79. The van der Waals surface area contributed by atoms with Crippen molar-refractivity contribution in [3.63, 3.8) is 0 Å². The highest BCUT2D eigenvalue weighted by Gasteiger charge is 2.20. The smallest absolute Gasteiger partial charge is 0.284 e. The van der Waals surface area contributed by atoms with E-state index >= 15 is 0 Å². The maximum absolute atomic E-state index is 12.8. The van der Waals surface area contributed by atoms with Crippen molar-refractivity contribution in [3.05, 3.63) is 87.3 Å². The minimum absolute atomic E-state index is 0.151. The molecule has 1 amide bonds. The minimum Gasteiger partial charge on any atom is -0.311 e. The van der Waals surface area contributed by atoms with E-state index in [4.69, 9.17) is 11.6 Å². The molecular formula is C20H16ClN7O3S. The molecule has 0 saturated carbocycles. The van der Waals surface area contributed by atoms with Gasteiger partial charge in [0.05, 0.1) is 22.6 Å². The number of nitro groups is 1. The van der Waals surface area contributed by atoms with Gasteiger partial charge in [-0.1, -0.05) is 23.7 Å². The second-order valence-electron chi connectivity index (χ2n) is 6.72. The highest BCUT2D eigenvalue weighted by Crippen LogP contribution is 2.34. The van der Waals surface area contributed by atoms with E-state index in [9.17, 15) is 14.9 Å². The summed E-state index contributed by atoms with van der Waals surface area (Å²) in [6.45, 7) is 0.424. The molecule has 0 aliphatic heterocycles. The number of nitro benzene ring substituents is 1. The van der Waals surface area contributed by atoms with E-state index in [2.05, 4.69) is 20.6 Å². The van der Waals surface area contributed by atoms with Gasteiger partial charge in [0.15, 0.2) is 5.16 Å². The van der Waals surface area contributed by atoms with Crippen LogP contribution < -0.4 is 5.32 Å². The minimum atomic E-state index is -0.528. The van der Waals surface area contributed by atoms with Gasteiger partial charge in [-0.15, -0.1) is 10.2 Å². The number of amides is 1. The molecule has 4 aromatic rings. The average Bonchev–Trinajstić information content (AvgIpc) is 3.38. The van der Waals surface area contributed by atoms with Crippen molar-refractivity contribution in [2.45, 2.75) is 16.6 Å². The molecule has 2 aromatic heterocycles. The Labute approximate surface area is 191 Å². The number of nitrogens with one attached hydrogen (secondary N) is 1. The van der Waals surface area contributed by atoms with Crippen molar-refractivity contribution in [2.75, 3.05) is 5.32 Å². The molecule has 10 nitrogen and oxygen atoms in total. The summed E-state index contributed by atoms with van der Waals surface area (Å²) in [5, 5.41) is 27.4. The van der Waals surface area contributed by atoms with Gasteiger partial charge in [-0.3, -0.25) is 14.9 Å². The molecule has 0 spiro atoms. The Hall–Kier alpha value is -3.70. The van der Waals surface area contributed by atoms with E-state index in [-0.39, 0.29) is 11.3 Å². The van der Waals surface area contributed by atoms with E-state index < -0.39 is 10.8 Å². The first kappa shape index (κ1) is 21.5. The second-order valence-corrected chi connectivity index (χ2v) is 8.17. The van der Waals surface area contributed by atoms with E-state index in [0.717, 1.165) is 17.3 Å². The quantitative estimate of drug-likeness (QED) is 0.320. The number of halogens is 1. The van der Waals surface area contributed by atoms with Gasteiger partial charge in [-0.2, -0.15) is 5.10 Å². The van der Waals surface area contributed by atoms with Gasteiger partial charge < -0.3 is 9.88 Å². The van der Waals surface area contributed by atoms with Crippen LogP contribution in [0.4, 0.5) is 11.5 Å². The fraction of sp³-hybridized carbons (Fsp3) is 0.100. The molecule has 4 rings (SSSR count). The van der Waals surface area contributed by atoms with Gasteiger partial charge >= 0.3 is 0 Å². The van der Waals surface area contributed by atoms with Gasteiger partial charge in [-0.05, 0) is 41.6 Å². The normalized spacial score (nSPS) is 10.8. The zero-order valence-corrected chi connectivity index (χ0v) is 18.2. The van der Waals surface area contributed by atoms with Gasteiger partial charge in [-0.25, -0.2) is 4.68 Å². The molecule has 2 heterocycles. The van der Waals surface area contributed by atoms with Crippen LogP contribution in [0.3, 0.4) is 0 Å². The molecule has 0 aliphatic carbocycles. The van der Waals surface area contributed by atoms with Crippen LogP contribution >= 0.6 is 23.4 Å². The molecular weight excluding hydrogens is 454 g/mol. The van der Waals surface area contributed by atoms with Crippen molar-refractivity contribution >= 4 is 40.8 Å². The van der Waals surface area contributed by atoms with E-state index in [1.165, 1.54) is 24.5 Å². The number of aromatic nitrogens is 5. The van der Waals surface area contributed by atoms with Crippen LogP contribution in [0.15, 0.2) is 71.1 Å². The first-order valence-electron chi connectivity index (χ1n) is 9.28. The Bertz CT molecular complexity index is 1290.